The summed E-state index contributed by atoms with van der Waals surface area (Å²) in [5.41, 5.74) is -0.201. The van der Waals surface area contributed by atoms with Gasteiger partial charge in [-0.2, -0.15) is 0 Å². The van der Waals surface area contributed by atoms with Gasteiger partial charge in [0.1, 0.15) is 17.9 Å². The molecule has 5 N–H and O–H groups in total. The Kier molecular flexibility index (Phi) is 5.37. The van der Waals surface area contributed by atoms with Crippen LogP contribution in [0.15, 0.2) is 24.0 Å². The number of aliphatic carboxylic acids is 1. The van der Waals surface area contributed by atoms with Crippen molar-refractivity contribution < 1.29 is 44.3 Å². The quantitative estimate of drug-likeness (QED) is 0.367. The number of aromatic hydroxyl groups is 1. The number of aliphatic hydroxyl groups excluding tert-OH is 1. The number of nitrogens with one attached hydrogen (secondary N) is 1. The van der Waals surface area contributed by atoms with Crippen molar-refractivity contribution in [1.82, 2.24) is 5.32 Å². The lowest BCUT2D eigenvalue weighted by Crippen LogP contribution is -2.69. The number of hydrogen-bond donors (Lipinski definition) is 5. The lowest BCUT2D eigenvalue weighted by atomic mass is 9.45. The minimum absolute atomic E-state index is 0.0206. The molecule has 1 amide bonds. The number of carboxylic acids is 1. The van der Waals surface area contributed by atoms with Gasteiger partial charge in [0.15, 0.2) is 17.6 Å². The Balaban J connectivity index is 1.43. The van der Waals surface area contributed by atoms with Gasteiger partial charge in [0, 0.05) is 5.56 Å². The van der Waals surface area contributed by atoms with Crippen molar-refractivity contribution >= 4 is 17.8 Å². The summed E-state index contributed by atoms with van der Waals surface area (Å²) in [7, 11) is 0. The van der Waals surface area contributed by atoms with Gasteiger partial charge in [0.05, 0.1) is 17.4 Å². The smallest absolute Gasteiger partial charge is 0.333 e. The second-order valence-electron chi connectivity index (χ2n) is 10.2. The number of hydrogen-bond acceptors (Lipinski definition) is 8. The number of benzene rings is 1. The lowest BCUT2D eigenvalue weighted by Gasteiger charge is -2.61. The Bertz CT molecular complexity index is 1150. The fourth-order valence-corrected chi connectivity index (χ4v) is 6.65. The third-order valence-corrected chi connectivity index (χ3v) is 8.33. The molecule has 10 heteroatoms. The topological polar surface area (TPSA) is 163 Å². The van der Waals surface area contributed by atoms with Crippen molar-refractivity contribution in [2.24, 2.45) is 11.8 Å². The summed E-state index contributed by atoms with van der Waals surface area (Å²) in [5, 5.41) is 43.3. The van der Waals surface area contributed by atoms with E-state index in [9.17, 15) is 29.7 Å². The zero-order valence-corrected chi connectivity index (χ0v) is 19.5. The average Bonchev–Trinajstić information content (AvgIpc) is 3.15. The van der Waals surface area contributed by atoms with Crippen molar-refractivity contribution in [3.8, 4) is 11.5 Å². The molecule has 1 fully saturated rings. The Labute approximate surface area is 201 Å². The molecule has 1 spiro atoms. The van der Waals surface area contributed by atoms with Crippen molar-refractivity contribution in [3.63, 3.8) is 0 Å². The number of carboxylic acid groups (broad SMARTS) is 1. The number of carbonyl (C=O) groups excluding carboxylic acids is 2. The van der Waals surface area contributed by atoms with E-state index in [4.69, 9.17) is 14.6 Å². The SMILES string of the molecule is CC1CC[C@]23c4c5ccc(O)c4O[C@H]2C(OC(=O)[C@H](C)NC(=O)[C@@H](O)CC(=O)O)=CC[C@@]3(O)[C@H]1C5. The first kappa shape index (κ1) is 23.6. The number of phenols is 1. The van der Waals surface area contributed by atoms with Gasteiger partial charge in [-0.05, 0) is 62.1 Å². The fraction of sp³-hybridized carbons (Fsp3) is 0.560. The van der Waals surface area contributed by atoms with Gasteiger partial charge in [-0.3, -0.25) is 9.59 Å². The molecule has 1 aromatic carbocycles. The molecule has 0 radical (unpaired) electrons. The van der Waals surface area contributed by atoms with E-state index in [1.807, 2.05) is 6.07 Å². The summed E-state index contributed by atoms with van der Waals surface area (Å²) in [4.78, 5) is 35.6. The number of esters is 1. The Morgan fingerprint density at radius 3 is 2.77 bits per heavy atom. The molecule has 7 atom stereocenters. The van der Waals surface area contributed by atoms with E-state index in [1.54, 1.807) is 12.1 Å². The highest BCUT2D eigenvalue weighted by Gasteiger charge is 2.72. The van der Waals surface area contributed by atoms with Crippen molar-refractivity contribution in [3.05, 3.63) is 35.1 Å². The van der Waals surface area contributed by atoms with Crippen LogP contribution in [0.1, 0.15) is 50.7 Å². The van der Waals surface area contributed by atoms with E-state index in [1.165, 1.54) is 6.92 Å². The maximum atomic E-state index is 12.8. The summed E-state index contributed by atoms with van der Waals surface area (Å²) in [6.07, 6.45) is 0.576. The van der Waals surface area contributed by atoms with Crippen LogP contribution >= 0.6 is 0 Å². The second kappa shape index (κ2) is 7.96. The van der Waals surface area contributed by atoms with Crippen LogP contribution in [0.4, 0.5) is 0 Å². The van der Waals surface area contributed by atoms with Crippen LogP contribution in [0.3, 0.4) is 0 Å². The molecule has 1 aromatic rings. The summed E-state index contributed by atoms with van der Waals surface area (Å²) in [6.45, 7) is 3.49. The Morgan fingerprint density at radius 2 is 2.06 bits per heavy atom. The van der Waals surface area contributed by atoms with Gasteiger partial charge in [-0.15, -0.1) is 0 Å². The van der Waals surface area contributed by atoms with Crippen LogP contribution in [-0.2, 0) is 31.0 Å². The largest absolute Gasteiger partial charge is 0.504 e. The molecule has 35 heavy (non-hydrogen) atoms. The monoisotopic (exact) mass is 487 g/mol. The molecule has 0 aromatic heterocycles. The highest BCUT2D eigenvalue weighted by Crippen LogP contribution is 2.68. The molecule has 1 unspecified atom stereocenters. The molecule has 0 saturated heterocycles. The minimum Gasteiger partial charge on any atom is -0.504 e. The van der Waals surface area contributed by atoms with Crippen molar-refractivity contribution in [1.29, 1.82) is 0 Å². The van der Waals surface area contributed by atoms with E-state index in [0.29, 0.717) is 18.6 Å². The second-order valence-corrected chi connectivity index (χ2v) is 10.2. The van der Waals surface area contributed by atoms with E-state index in [-0.39, 0.29) is 29.8 Å². The van der Waals surface area contributed by atoms with Crippen LogP contribution in [0.5, 0.6) is 11.5 Å². The number of amides is 1. The zero-order chi connectivity index (χ0) is 25.3. The molecule has 4 aliphatic rings. The van der Waals surface area contributed by atoms with Crippen molar-refractivity contribution in [2.75, 3.05) is 0 Å². The minimum atomic E-state index is -1.80. The summed E-state index contributed by atoms with van der Waals surface area (Å²) >= 11 is 0. The molecule has 1 saturated carbocycles. The molecule has 5 rings (SSSR count). The van der Waals surface area contributed by atoms with Gasteiger partial charge < -0.3 is 35.2 Å². The van der Waals surface area contributed by atoms with Crippen LogP contribution in [-0.4, -0.2) is 62.1 Å². The van der Waals surface area contributed by atoms with Gasteiger partial charge in [-0.1, -0.05) is 13.0 Å². The maximum Gasteiger partial charge on any atom is 0.333 e. The highest BCUT2D eigenvalue weighted by atomic mass is 16.6. The number of phenolic OH excluding ortho intramolecular Hbond substituents is 1. The number of aliphatic hydroxyl groups is 2. The van der Waals surface area contributed by atoms with E-state index >= 15 is 0 Å². The summed E-state index contributed by atoms with van der Waals surface area (Å²) in [6, 6.07) is 2.28. The van der Waals surface area contributed by atoms with E-state index in [2.05, 4.69) is 12.2 Å². The predicted molar refractivity (Wildman–Crippen MR) is 119 cm³/mol. The molecule has 10 nitrogen and oxygen atoms in total. The van der Waals surface area contributed by atoms with Gasteiger partial charge in [0.25, 0.3) is 0 Å². The standard InChI is InChI=1S/C25H29NO9/c1-11-5-7-24-19-13-3-4-15(27)20(19)35-21(24)17(6-8-25(24,33)14(11)9-13)34-23(32)12(2)26-22(31)16(28)10-18(29)30/h3-4,6,11-12,14,16,21,27-28,33H,5,7-10H2,1-2H3,(H,26,31)(H,29,30)/t11?,12-,14-,16-,21-,24-,25+/m0/s1. The van der Waals surface area contributed by atoms with E-state index in [0.717, 1.165) is 17.5 Å². The summed E-state index contributed by atoms with van der Waals surface area (Å²) in [5.74, 6) is -2.45. The number of carbonyl (C=O) groups is 3. The first-order chi connectivity index (χ1) is 16.5. The Hall–Kier alpha value is -3.11. The van der Waals surface area contributed by atoms with Crippen LogP contribution in [0, 0.1) is 11.8 Å². The van der Waals surface area contributed by atoms with Gasteiger partial charge in [0.2, 0.25) is 5.91 Å². The molecule has 188 valence electrons. The first-order valence-corrected chi connectivity index (χ1v) is 11.9. The Morgan fingerprint density at radius 1 is 1.31 bits per heavy atom. The number of rotatable bonds is 6. The molecule has 3 aliphatic carbocycles. The lowest BCUT2D eigenvalue weighted by molar-refractivity contribution is -0.171. The van der Waals surface area contributed by atoms with Crippen LogP contribution in [0.25, 0.3) is 0 Å². The zero-order valence-electron chi connectivity index (χ0n) is 19.5. The normalized spacial score (nSPS) is 33.5. The number of ether oxygens (including phenoxy) is 2. The highest BCUT2D eigenvalue weighted by molar-refractivity contribution is 5.89. The molecule has 2 bridgehead atoms. The predicted octanol–water partition coefficient (Wildman–Crippen LogP) is 0.895. The molecular weight excluding hydrogens is 458 g/mol. The van der Waals surface area contributed by atoms with Gasteiger partial charge in [-0.25, -0.2) is 4.79 Å². The van der Waals surface area contributed by atoms with E-state index < -0.39 is 53.5 Å². The molecule has 1 aliphatic heterocycles. The maximum absolute atomic E-state index is 12.8. The molecular formula is C25H29NO9. The van der Waals surface area contributed by atoms with Crippen LogP contribution in [0.2, 0.25) is 0 Å². The van der Waals surface area contributed by atoms with Crippen LogP contribution < -0.4 is 10.1 Å². The third-order valence-electron chi connectivity index (χ3n) is 8.33. The average molecular weight is 488 g/mol. The fourth-order valence-electron chi connectivity index (χ4n) is 6.65. The first-order valence-electron chi connectivity index (χ1n) is 11.9. The third kappa shape index (κ3) is 3.26. The van der Waals surface area contributed by atoms with Gasteiger partial charge >= 0.3 is 11.9 Å². The summed E-state index contributed by atoms with van der Waals surface area (Å²) < 4.78 is 11.9. The van der Waals surface area contributed by atoms with Crippen molar-refractivity contribution in [2.45, 2.75) is 75.2 Å². The molecule has 1 heterocycles.